The van der Waals surface area contributed by atoms with Crippen LogP contribution in [0.4, 0.5) is 0 Å². The maximum Gasteiger partial charge on any atom is 0.222 e. The molecule has 0 aliphatic carbocycles. The second-order valence-corrected chi connectivity index (χ2v) is 5.40. The van der Waals surface area contributed by atoms with E-state index in [9.17, 15) is 4.79 Å². The minimum Gasteiger partial charge on any atom is -0.356 e. The summed E-state index contributed by atoms with van der Waals surface area (Å²) in [5, 5.41) is 2.99. The molecule has 0 saturated heterocycles. The van der Waals surface area contributed by atoms with Gasteiger partial charge in [-0.2, -0.15) is 0 Å². The lowest BCUT2D eigenvalue weighted by Gasteiger charge is -2.14. The zero-order valence-corrected chi connectivity index (χ0v) is 12.5. The molecular weight excluding hydrogens is 236 g/mol. The van der Waals surface area contributed by atoms with Crippen LogP contribution in [-0.4, -0.2) is 19.0 Å². The number of hydrogen-bond donors (Lipinski definition) is 2. The number of aryl methyl sites for hydroxylation is 3. The molecule has 0 fully saturated rings. The zero-order chi connectivity index (χ0) is 14.4. The van der Waals surface area contributed by atoms with E-state index in [0.717, 1.165) is 12.8 Å². The quantitative estimate of drug-likeness (QED) is 0.826. The van der Waals surface area contributed by atoms with E-state index < -0.39 is 0 Å². The Balaban J connectivity index is 2.52. The van der Waals surface area contributed by atoms with Crippen LogP contribution in [0.25, 0.3) is 0 Å². The van der Waals surface area contributed by atoms with Crippen LogP contribution in [0.2, 0.25) is 0 Å². The normalized spacial score (nSPS) is 12.3. The van der Waals surface area contributed by atoms with Crippen LogP contribution in [0.3, 0.4) is 0 Å². The molecule has 0 saturated carbocycles. The van der Waals surface area contributed by atoms with Gasteiger partial charge in [0.15, 0.2) is 0 Å². The summed E-state index contributed by atoms with van der Waals surface area (Å²) in [4.78, 5) is 11.8. The average Bonchev–Trinajstić information content (AvgIpc) is 2.32. The van der Waals surface area contributed by atoms with Gasteiger partial charge in [-0.15, -0.1) is 0 Å². The molecule has 0 aliphatic heterocycles. The van der Waals surface area contributed by atoms with E-state index in [4.69, 9.17) is 5.73 Å². The van der Waals surface area contributed by atoms with Gasteiger partial charge in [-0.3, -0.25) is 4.79 Å². The third-order valence-corrected chi connectivity index (χ3v) is 3.56. The van der Waals surface area contributed by atoms with Crippen molar-refractivity contribution in [3.05, 3.63) is 34.4 Å². The number of hydrogen-bond acceptors (Lipinski definition) is 2. The zero-order valence-electron chi connectivity index (χ0n) is 12.5. The molecule has 0 aromatic heterocycles. The molecular formula is C16H26N2O. The van der Waals surface area contributed by atoms with Crippen LogP contribution >= 0.6 is 0 Å². The SMILES string of the molecule is Cc1cc(C)c(CCNC(=O)C(C)CCN)c(C)c1. The predicted molar refractivity (Wildman–Crippen MR) is 80.2 cm³/mol. The number of nitrogens with two attached hydrogens (primary N) is 1. The van der Waals surface area contributed by atoms with Crippen LogP contribution in [0.15, 0.2) is 12.1 Å². The summed E-state index contributed by atoms with van der Waals surface area (Å²) >= 11 is 0. The Kier molecular flexibility index (Phi) is 6.03. The smallest absolute Gasteiger partial charge is 0.222 e. The highest BCUT2D eigenvalue weighted by Gasteiger charge is 2.11. The van der Waals surface area contributed by atoms with E-state index >= 15 is 0 Å². The summed E-state index contributed by atoms with van der Waals surface area (Å²) in [6, 6.07) is 4.39. The summed E-state index contributed by atoms with van der Waals surface area (Å²) in [5.74, 6) is 0.109. The van der Waals surface area contributed by atoms with E-state index in [-0.39, 0.29) is 11.8 Å². The second kappa shape index (κ2) is 7.29. The van der Waals surface area contributed by atoms with Gasteiger partial charge in [-0.05, 0) is 56.8 Å². The summed E-state index contributed by atoms with van der Waals surface area (Å²) < 4.78 is 0. The molecule has 0 spiro atoms. The number of carbonyl (C=O) groups excluding carboxylic acids is 1. The van der Waals surface area contributed by atoms with Crippen molar-refractivity contribution in [2.45, 2.75) is 40.5 Å². The third-order valence-electron chi connectivity index (χ3n) is 3.56. The van der Waals surface area contributed by atoms with Gasteiger partial charge in [0, 0.05) is 12.5 Å². The van der Waals surface area contributed by atoms with Crippen LogP contribution in [0, 0.1) is 26.7 Å². The van der Waals surface area contributed by atoms with Gasteiger partial charge in [-0.25, -0.2) is 0 Å². The minimum absolute atomic E-state index is 0.00483. The fourth-order valence-electron chi connectivity index (χ4n) is 2.47. The van der Waals surface area contributed by atoms with Gasteiger partial charge >= 0.3 is 0 Å². The lowest BCUT2D eigenvalue weighted by Crippen LogP contribution is -2.32. The Hall–Kier alpha value is -1.35. The first-order valence-corrected chi connectivity index (χ1v) is 7.00. The molecule has 1 unspecified atom stereocenters. The Morgan fingerprint density at radius 2 is 1.84 bits per heavy atom. The summed E-state index contributed by atoms with van der Waals surface area (Å²) in [6.45, 7) is 9.55. The topological polar surface area (TPSA) is 55.1 Å². The molecule has 106 valence electrons. The largest absolute Gasteiger partial charge is 0.356 e. The molecule has 19 heavy (non-hydrogen) atoms. The van der Waals surface area contributed by atoms with Crippen LogP contribution in [0.1, 0.15) is 35.6 Å². The molecule has 3 nitrogen and oxygen atoms in total. The standard InChI is InChI=1S/C16H26N2O/c1-11-9-13(3)15(14(4)10-11)6-8-18-16(19)12(2)5-7-17/h9-10,12H,5-8,17H2,1-4H3,(H,18,19). The fourth-order valence-corrected chi connectivity index (χ4v) is 2.47. The van der Waals surface area contributed by atoms with Crippen molar-refractivity contribution in [3.63, 3.8) is 0 Å². The van der Waals surface area contributed by atoms with Crippen molar-refractivity contribution in [1.29, 1.82) is 0 Å². The van der Waals surface area contributed by atoms with Crippen molar-refractivity contribution in [2.75, 3.05) is 13.1 Å². The van der Waals surface area contributed by atoms with Gasteiger partial charge in [0.1, 0.15) is 0 Å². The highest BCUT2D eigenvalue weighted by atomic mass is 16.1. The predicted octanol–water partition coefficient (Wildman–Crippen LogP) is 2.26. The fraction of sp³-hybridized carbons (Fsp3) is 0.562. The van der Waals surface area contributed by atoms with Crippen LogP contribution in [-0.2, 0) is 11.2 Å². The molecule has 1 aromatic carbocycles. The maximum atomic E-state index is 11.8. The van der Waals surface area contributed by atoms with Crippen molar-refractivity contribution < 1.29 is 4.79 Å². The summed E-state index contributed by atoms with van der Waals surface area (Å²) in [5.41, 5.74) is 10.7. The van der Waals surface area contributed by atoms with Crippen LogP contribution < -0.4 is 11.1 Å². The Bertz CT molecular complexity index is 417. The van der Waals surface area contributed by atoms with Gasteiger partial charge in [0.2, 0.25) is 5.91 Å². The lowest BCUT2D eigenvalue weighted by atomic mass is 9.97. The van der Waals surface area contributed by atoms with E-state index in [1.54, 1.807) is 0 Å². The van der Waals surface area contributed by atoms with Gasteiger partial charge in [-0.1, -0.05) is 24.6 Å². The highest BCUT2D eigenvalue weighted by Crippen LogP contribution is 2.16. The first-order valence-electron chi connectivity index (χ1n) is 7.00. The minimum atomic E-state index is 0.00483. The summed E-state index contributed by atoms with van der Waals surface area (Å²) in [7, 11) is 0. The molecule has 0 aliphatic rings. The molecule has 0 heterocycles. The Morgan fingerprint density at radius 1 is 1.26 bits per heavy atom. The first-order chi connectivity index (χ1) is 8.95. The number of carbonyl (C=O) groups is 1. The van der Waals surface area contributed by atoms with Crippen molar-refractivity contribution in [1.82, 2.24) is 5.32 Å². The number of amides is 1. The molecule has 3 N–H and O–H groups in total. The van der Waals surface area contributed by atoms with Crippen molar-refractivity contribution in [3.8, 4) is 0 Å². The Morgan fingerprint density at radius 3 is 2.37 bits per heavy atom. The average molecular weight is 262 g/mol. The van der Waals surface area contributed by atoms with E-state index in [0.29, 0.717) is 13.1 Å². The van der Waals surface area contributed by atoms with E-state index in [2.05, 4.69) is 38.2 Å². The maximum absolute atomic E-state index is 11.8. The van der Waals surface area contributed by atoms with Gasteiger partial charge in [0.25, 0.3) is 0 Å². The highest BCUT2D eigenvalue weighted by molar-refractivity contribution is 5.78. The van der Waals surface area contributed by atoms with Crippen molar-refractivity contribution >= 4 is 5.91 Å². The summed E-state index contributed by atoms with van der Waals surface area (Å²) in [6.07, 6.45) is 1.63. The first kappa shape index (κ1) is 15.7. The van der Waals surface area contributed by atoms with Crippen molar-refractivity contribution in [2.24, 2.45) is 11.7 Å². The van der Waals surface area contributed by atoms with E-state index in [1.165, 1.54) is 22.3 Å². The second-order valence-electron chi connectivity index (χ2n) is 5.40. The molecule has 0 bridgehead atoms. The van der Waals surface area contributed by atoms with E-state index in [1.807, 2.05) is 6.92 Å². The number of nitrogens with one attached hydrogen (secondary N) is 1. The Labute approximate surface area is 116 Å². The molecule has 1 aromatic rings. The van der Waals surface area contributed by atoms with Gasteiger partial charge < -0.3 is 11.1 Å². The number of benzene rings is 1. The molecule has 1 rings (SSSR count). The van der Waals surface area contributed by atoms with Crippen LogP contribution in [0.5, 0.6) is 0 Å². The van der Waals surface area contributed by atoms with Gasteiger partial charge in [0.05, 0.1) is 0 Å². The molecule has 0 radical (unpaired) electrons. The number of rotatable bonds is 6. The molecule has 1 atom stereocenters. The molecule has 1 amide bonds. The molecule has 3 heteroatoms. The monoisotopic (exact) mass is 262 g/mol. The lowest BCUT2D eigenvalue weighted by molar-refractivity contribution is -0.124. The third kappa shape index (κ3) is 4.67.